The third-order valence-electron chi connectivity index (χ3n) is 1.81. The zero-order valence-electron chi connectivity index (χ0n) is 8.03. The van der Waals surface area contributed by atoms with Crippen LogP contribution in [0, 0.1) is 5.92 Å². The molecule has 0 saturated heterocycles. The fraction of sp³-hybridized carbons (Fsp3) is 0.778. The van der Waals surface area contributed by atoms with E-state index < -0.39 is 25.4 Å². The van der Waals surface area contributed by atoms with Gasteiger partial charge in [0.2, 0.25) is 0 Å². The zero-order chi connectivity index (χ0) is 10.5. The van der Waals surface area contributed by atoms with Crippen LogP contribution in [0.15, 0.2) is 12.2 Å². The molecule has 80 valence electrons. The van der Waals surface area contributed by atoms with Crippen molar-refractivity contribution in [3.8, 4) is 0 Å². The van der Waals surface area contributed by atoms with Gasteiger partial charge >= 0.3 is 87.7 Å². The van der Waals surface area contributed by atoms with E-state index in [1.54, 1.807) is 19.1 Å². The Morgan fingerprint density at radius 3 is 2.23 bits per heavy atom. The summed E-state index contributed by atoms with van der Waals surface area (Å²) in [6.45, 7) is 5.59. The second kappa shape index (κ2) is 5.88. The molecule has 0 aromatic heterocycles. The van der Waals surface area contributed by atoms with Gasteiger partial charge in [-0.1, -0.05) is 0 Å². The molecule has 0 radical (unpaired) electrons. The van der Waals surface area contributed by atoms with Crippen molar-refractivity contribution in [2.45, 2.75) is 35.3 Å². The van der Waals surface area contributed by atoms with E-state index in [9.17, 15) is 13.2 Å². The molecule has 4 heteroatoms. The van der Waals surface area contributed by atoms with Crippen molar-refractivity contribution in [1.29, 1.82) is 0 Å². The van der Waals surface area contributed by atoms with Gasteiger partial charge in [0.25, 0.3) is 0 Å². The van der Waals surface area contributed by atoms with Crippen molar-refractivity contribution < 1.29 is 34.4 Å². The Hall–Kier alpha value is 0.260. The number of rotatable bonds is 4. The van der Waals surface area contributed by atoms with Crippen molar-refractivity contribution in [3.05, 3.63) is 12.2 Å². The van der Waals surface area contributed by atoms with Crippen LogP contribution in [-0.4, -0.2) is 8.11 Å². The van der Waals surface area contributed by atoms with E-state index in [-0.39, 0.29) is 9.84 Å². The first-order chi connectivity index (χ1) is 5.90. The van der Waals surface area contributed by atoms with Crippen LogP contribution in [0.1, 0.15) is 27.2 Å². The molecule has 0 aliphatic heterocycles. The molecule has 0 aromatic rings. The molecule has 0 nitrogen and oxygen atoms in total. The second-order valence-electron chi connectivity index (χ2n) is 2.89. The summed E-state index contributed by atoms with van der Waals surface area (Å²) >= 11 is -1.72. The summed E-state index contributed by atoms with van der Waals surface area (Å²) in [4.78, 5) is 0. The van der Waals surface area contributed by atoms with Crippen molar-refractivity contribution in [2.75, 3.05) is 0 Å². The standard InChI is InChI=1S/C9H15F3I/c1-4-6-8(7(3)5-2)13-9(10,11)12/h4,6-8H,5H2,1-3H3/q-1/b6-4+/t7-,8?/m1/s1. The first-order valence-electron chi connectivity index (χ1n) is 4.24. The molecule has 0 bridgehead atoms. The third kappa shape index (κ3) is 6.35. The number of alkyl halides is 5. The quantitative estimate of drug-likeness (QED) is 0.405. The number of halogens is 4. The van der Waals surface area contributed by atoms with E-state index in [2.05, 4.69) is 0 Å². The van der Waals surface area contributed by atoms with Crippen LogP contribution >= 0.6 is 0 Å². The molecular weight excluding hydrogens is 292 g/mol. The molecule has 0 N–H and O–H groups in total. The average Bonchev–Trinajstić information content (AvgIpc) is 2.00. The van der Waals surface area contributed by atoms with E-state index in [4.69, 9.17) is 0 Å². The van der Waals surface area contributed by atoms with E-state index in [1.165, 1.54) is 0 Å². The fourth-order valence-corrected chi connectivity index (χ4v) is 3.45. The Bertz CT molecular complexity index is 163. The molecule has 0 aliphatic rings. The molecule has 0 fully saturated rings. The molecule has 0 amide bonds. The van der Waals surface area contributed by atoms with Crippen molar-refractivity contribution in [3.63, 3.8) is 0 Å². The van der Waals surface area contributed by atoms with E-state index in [0.29, 0.717) is 0 Å². The number of hydrogen-bond donors (Lipinski definition) is 0. The summed E-state index contributed by atoms with van der Waals surface area (Å²) in [5, 5.41) is 0. The van der Waals surface area contributed by atoms with E-state index in [1.807, 2.05) is 13.8 Å². The molecule has 0 aliphatic carbocycles. The summed E-state index contributed by atoms with van der Waals surface area (Å²) < 4.78 is 32.2. The topological polar surface area (TPSA) is 0 Å². The van der Waals surface area contributed by atoms with Crippen molar-refractivity contribution >= 4 is 0 Å². The number of allylic oxidation sites excluding steroid dienone is 2. The molecule has 2 atom stereocenters. The van der Waals surface area contributed by atoms with Gasteiger partial charge in [0.05, 0.1) is 0 Å². The molecule has 0 aromatic carbocycles. The van der Waals surface area contributed by atoms with Gasteiger partial charge < -0.3 is 0 Å². The van der Waals surface area contributed by atoms with Crippen molar-refractivity contribution in [2.24, 2.45) is 5.92 Å². The van der Waals surface area contributed by atoms with Gasteiger partial charge in [-0.15, -0.1) is 0 Å². The number of hydrogen-bond acceptors (Lipinski definition) is 0. The predicted molar refractivity (Wildman–Crippen MR) is 44.1 cm³/mol. The van der Waals surface area contributed by atoms with E-state index in [0.717, 1.165) is 6.42 Å². The Labute approximate surface area is 87.9 Å². The van der Waals surface area contributed by atoms with Crippen LogP contribution in [0.3, 0.4) is 0 Å². The molecule has 0 rings (SSSR count). The van der Waals surface area contributed by atoms with Gasteiger partial charge in [0.15, 0.2) is 0 Å². The summed E-state index contributed by atoms with van der Waals surface area (Å²) in [7, 11) is 0. The van der Waals surface area contributed by atoms with Crippen LogP contribution in [0.25, 0.3) is 0 Å². The summed E-state index contributed by atoms with van der Waals surface area (Å²) in [6.07, 6.45) is 4.24. The summed E-state index contributed by atoms with van der Waals surface area (Å²) in [6, 6.07) is 0. The van der Waals surface area contributed by atoms with Gasteiger partial charge in [-0.3, -0.25) is 0 Å². The van der Waals surface area contributed by atoms with Gasteiger partial charge in [0, 0.05) is 0 Å². The van der Waals surface area contributed by atoms with Crippen LogP contribution in [-0.2, 0) is 0 Å². The molecule has 13 heavy (non-hydrogen) atoms. The Balaban J connectivity index is 4.26. The van der Waals surface area contributed by atoms with Crippen LogP contribution < -0.4 is 21.2 Å². The zero-order valence-corrected chi connectivity index (χ0v) is 10.2. The van der Waals surface area contributed by atoms with Gasteiger partial charge in [-0.2, -0.15) is 0 Å². The maximum atomic E-state index is 12.1. The fourth-order valence-electron chi connectivity index (χ4n) is 0.885. The normalized spacial score (nSPS) is 18.0. The van der Waals surface area contributed by atoms with E-state index >= 15 is 0 Å². The van der Waals surface area contributed by atoms with Gasteiger partial charge in [0.1, 0.15) is 0 Å². The second-order valence-corrected chi connectivity index (χ2v) is 6.18. The third-order valence-corrected chi connectivity index (χ3v) is 4.88. The SMILES string of the molecule is C/C=C/C([I-]C(F)(F)F)[C@H](C)CC. The average molecular weight is 307 g/mol. The van der Waals surface area contributed by atoms with Gasteiger partial charge in [-0.05, 0) is 0 Å². The minimum atomic E-state index is -3.94. The molecule has 0 heterocycles. The van der Waals surface area contributed by atoms with Crippen LogP contribution in [0.4, 0.5) is 13.2 Å². The Morgan fingerprint density at radius 1 is 1.38 bits per heavy atom. The summed E-state index contributed by atoms with van der Waals surface area (Å²) in [5.74, 6) is 0.144. The first kappa shape index (κ1) is 13.3. The van der Waals surface area contributed by atoms with Crippen LogP contribution in [0.2, 0.25) is 0 Å². The minimum absolute atomic E-state index is 0.144. The molecule has 0 saturated carbocycles. The predicted octanol–water partition coefficient (Wildman–Crippen LogP) is 0.586. The van der Waals surface area contributed by atoms with Crippen molar-refractivity contribution in [1.82, 2.24) is 0 Å². The maximum absolute atomic E-state index is 12.1. The first-order valence-corrected chi connectivity index (χ1v) is 6.57. The van der Waals surface area contributed by atoms with Crippen LogP contribution in [0.5, 0.6) is 0 Å². The molecule has 1 unspecified atom stereocenters. The summed E-state index contributed by atoms with van der Waals surface area (Å²) in [5.41, 5.74) is 0. The van der Waals surface area contributed by atoms with Gasteiger partial charge in [-0.25, -0.2) is 0 Å². The molecule has 0 spiro atoms. The Morgan fingerprint density at radius 2 is 1.92 bits per heavy atom. The molecular formula is C9H15F3I-. The Kier molecular flexibility index (Phi) is 6.00. The monoisotopic (exact) mass is 307 g/mol.